The first-order valence-corrected chi connectivity index (χ1v) is 9.00. The summed E-state index contributed by atoms with van der Waals surface area (Å²) in [5.74, 6) is -0.176. The molecule has 1 fully saturated rings. The van der Waals surface area contributed by atoms with Gasteiger partial charge in [-0.1, -0.05) is 6.07 Å². The van der Waals surface area contributed by atoms with Crippen molar-refractivity contribution in [2.24, 2.45) is 0 Å². The lowest BCUT2D eigenvalue weighted by molar-refractivity contribution is 0.102. The third kappa shape index (κ3) is 3.75. The minimum atomic E-state index is -0.552. The molecule has 3 aromatic rings. The molecule has 1 aliphatic heterocycles. The van der Waals surface area contributed by atoms with Gasteiger partial charge in [0.1, 0.15) is 11.5 Å². The van der Waals surface area contributed by atoms with Crippen LogP contribution < -0.4 is 16.0 Å². The van der Waals surface area contributed by atoms with E-state index in [9.17, 15) is 9.18 Å². The summed E-state index contributed by atoms with van der Waals surface area (Å²) in [7, 11) is 0. The van der Waals surface area contributed by atoms with Crippen molar-refractivity contribution in [2.45, 2.75) is 12.8 Å². The van der Waals surface area contributed by atoms with Crippen LogP contribution >= 0.6 is 0 Å². The van der Waals surface area contributed by atoms with Crippen LogP contribution in [-0.4, -0.2) is 33.9 Å². The molecule has 0 spiro atoms. The molecule has 4 rings (SSSR count). The number of nitrogens with one attached hydrogen (secondary N) is 1. The maximum Gasteiger partial charge on any atom is 0.275 e. The molecule has 0 saturated carbocycles. The summed E-state index contributed by atoms with van der Waals surface area (Å²) in [5.41, 5.74) is 8.52. The fraction of sp³-hybridized carbons (Fsp3) is 0.200. The van der Waals surface area contributed by atoms with Gasteiger partial charge in [0.15, 0.2) is 0 Å². The maximum absolute atomic E-state index is 13.0. The molecule has 1 saturated heterocycles. The molecule has 142 valence electrons. The first-order valence-electron chi connectivity index (χ1n) is 9.00. The van der Waals surface area contributed by atoms with E-state index in [1.54, 1.807) is 30.5 Å². The van der Waals surface area contributed by atoms with Crippen molar-refractivity contribution < 1.29 is 9.18 Å². The average molecular weight is 378 g/mol. The van der Waals surface area contributed by atoms with Crippen LogP contribution in [-0.2, 0) is 0 Å². The van der Waals surface area contributed by atoms with Crippen molar-refractivity contribution in [3.8, 4) is 11.1 Å². The van der Waals surface area contributed by atoms with E-state index in [2.05, 4.69) is 25.2 Å². The van der Waals surface area contributed by atoms with Crippen molar-refractivity contribution in [1.29, 1.82) is 0 Å². The van der Waals surface area contributed by atoms with Gasteiger partial charge >= 0.3 is 0 Å². The zero-order valence-electron chi connectivity index (χ0n) is 15.1. The molecular formula is C20H19FN6O. The van der Waals surface area contributed by atoms with Gasteiger partial charge in [-0.3, -0.25) is 4.79 Å². The molecule has 28 heavy (non-hydrogen) atoms. The van der Waals surface area contributed by atoms with Gasteiger partial charge < -0.3 is 16.0 Å². The first kappa shape index (κ1) is 17.8. The van der Waals surface area contributed by atoms with E-state index in [1.807, 2.05) is 0 Å². The van der Waals surface area contributed by atoms with Crippen LogP contribution in [0.3, 0.4) is 0 Å². The average Bonchev–Trinajstić information content (AvgIpc) is 3.25. The minimum absolute atomic E-state index is 0.205. The fourth-order valence-corrected chi connectivity index (χ4v) is 3.13. The first-order chi connectivity index (χ1) is 13.6. The number of carbonyl (C=O) groups is 1. The number of hydrogen-bond donors (Lipinski definition) is 2. The third-order valence-electron chi connectivity index (χ3n) is 4.66. The number of benzene rings is 1. The predicted molar refractivity (Wildman–Crippen MR) is 105 cm³/mol. The van der Waals surface area contributed by atoms with Gasteiger partial charge in [-0.15, -0.1) is 0 Å². The fourth-order valence-electron chi connectivity index (χ4n) is 3.13. The molecule has 2 aromatic heterocycles. The number of anilines is 3. The highest BCUT2D eigenvalue weighted by Crippen LogP contribution is 2.27. The van der Waals surface area contributed by atoms with Gasteiger partial charge in [-0.2, -0.15) is 4.39 Å². The molecule has 7 nitrogen and oxygen atoms in total. The highest BCUT2D eigenvalue weighted by atomic mass is 19.1. The lowest BCUT2D eigenvalue weighted by atomic mass is 10.1. The Morgan fingerprint density at radius 3 is 2.46 bits per heavy atom. The zero-order chi connectivity index (χ0) is 19.5. The van der Waals surface area contributed by atoms with Crippen LogP contribution in [0.25, 0.3) is 11.1 Å². The Kier molecular flexibility index (Phi) is 4.84. The molecule has 3 N–H and O–H groups in total. The van der Waals surface area contributed by atoms with E-state index < -0.39 is 11.9 Å². The Morgan fingerprint density at radius 1 is 1.00 bits per heavy atom. The SMILES string of the molecule is Nc1ccc(-c2ccc(F)nc2)cc1NC(=O)c1cnc(N2CCCC2)cn1. The van der Waals surface area contributed by atoms with E-state index in [4.69, 9.17) is 5.73 Å². The molecule has 3 heterocycles. The molecule has 0 bridgehead atoms. The number of pyridine rings is 1. The topological polar surface area (TPSA) is 97.0 Å². The summed E-state index contributed by atoms with van der Waals surface area (Å²) in [4.78, 5) is 26.9. The predicted octanol–water partition coefficient (Wildman–Crippen LogP) is 3.11. The second-order valence-corrected chi connectivity index (χ2v) is 6.58. The summed E-state index contributed by atoms with van der Waals surface area (Å²) in [6.07, 6.45) is 6.79. The van der Waals surface area contributed by atoms with Crippen molar-refractivity contribution in [3.63, 3.8) is 0 Å². The van der Waals surface area contributed by atoms with Crippen LogP contribution in [0.15, 0.2) is 48.9 Å². The number of nitrogens with zero attached hydrogens (tertiary/aromatic N) is 4. The molecule has 0 radical (unpaired) electrons. The van der Waals surface area contributed by atoms with Crippen LogP contribution in [0.4, 0.5) is 21.6 Å². The largest absolute Gasteiger partial charge is 0.397 e. The van der Waals surface area contributed by atoms with Crippen LogP contribution in [0.5, 0.6) is 0 Å². The Bertz CT molecular complexity index is 985. The smallest absolute Gasteiger partial charge is 0.275 e. The lowest BCUT2D eigenvalue weighted by Gasteiger charge is -2.15. The van der Waals surface area contributed by atoms with E-state index in [-0.39, 0.29) is 5.69 Å². The normalized spacial score (nSPS) is 13.5. The molecule has 0 aliphatic carbocycles. The van der Waals surface area contributed by atoms with E-state index in [1.165, 1.54) is 18.5 Å². The standard InChI is InChI=1S/C20H19FN6O/c21-18-6-4-14(10-24-18)13-3-5-15(22)16(9-13)26-20(28)17-11-25-19(12-23-17)27-7-1-2-8-27/h3-6,9-12H,1-2,7-8,22H2,(H,26,28). The second-order valence-electron chi connectivity index (χ2n) is 6.58. The van der Waals surface area contributed by atoms with Crippen molar-refractivity contribution in [1.82, 2.24) is 15.0 Å². The van der Waals surface area contributed by atoms with Gasteiger partial charge in [0, 0.05) is 24.8 Å². The lowest BCUT2D eigenvalue weighted by Crippen LogP contribution is -2.20. The van der Waals surface area contributed by atoms with Crippen LogP contribution in [0.2, 0.25) is 0 Å². The second kappa shape index (κ2) is 7.59. The highest BCUT2D eigenvalue weighted by Gasteiger charge is 2.16. The van der Waals surface area contributed by atoms with E-state index >= 15 is 0 Å². The number of carbonyl (C=O) groups excluding carboxylic acids is 1. The van der Waals surface area contributed by atoms with Gasteiger partial charge in [0.05, 0.1) is 23.8 Å². The van der Waals surface area contributed by atoms with Crippen molar-refractivity contribution in [3.05, 3.63) is 60.6 Å². The van der Waals surface area contributed by atoms with Crippen molar-refractivity contribution in [2.75, 3.05) is 29.0 Å². The van der Waals surface area contributed by atoms with Crippen molar-refractivity contribution >= 4 is 23.1 Å². The molecule has 0 atom stereocenters. The zero-order valence-corrected chi connectivity index (χ0v) is 15.1. The summed E-state index contributed by atoms with van der Waals surface area (Å²) < 4.78 is 13.0. The van der Waals surface area contributed by atoms with Gasteiger partial charge in [0.2, 0.25) is 5.95 Å². The number of aromatic nitrogens is 3. The van der Waals surface area contributed by atoms with Crippen LogP contribution in [0, 0.1) is 5.95 Å². The number of halogens is 1. The summed E-state index contributed by atoms with van der Waals surface area (Å²) in [6, 6.07) is 8.07. The Balaban J connectivity index is 1.52. The monoisotopic (exact) mass is 378 g/mol. The minimum Gasteiger partial charge on any atom is -0.397 e. The van der Waals surface area contributed by atoms with E-state index in [0.717, 1.165) is 37.3 Å². The number of nitrogen functional groups attached to an aromatic ring is 1. The number of rotatable bonds is 4. The number of hydrogen-bond acceptors (Lipinski definition) is 6. The molecule has 8 heteroatoms. The Labute approximate surface area is 161 Å². The van der Waals surface area contributed by atoms with Gasteiger partial charge in [-0.05, 0) is 42.7 Å². The Hall–Kier alpha value is -3.55. The third-order valence-corrected chi connectivity index (χ3v) is 4.66. The van der Waals surface area contributed by atoms with Gasteiger partial charge in [0.25, 0.3) is 5.91 Å². The molecular weight excluding hydrogens is 359 g/mol. The maximum atomic E-state index is 13.0. The Morgan fingerprint density at radius 2 is 1.79 bits per heavy atom. The molecule has 0 unspecified atom stereocenters. The number of amides is 1. The number of nitrogens with two attached hydrogens (primary N) is 1. The summed E-state index contributed by atoms with van der Waals surface area (Å²) >= 11 is 0. The van der Waals surface area contributed by atoms with Gasteiger partial charge in [-0.25, -0.2) is 15.0 Å². The molecule has 1 aliphatic rings. The van der Waals surface area contributed by atoms with Crippen LogP contribution in [0.1, 0.15) is 23.3 Å². The van der Waals surface area contributed by atoms with E-state index in [0.29, 0.717) is 16.9 Å². The quantitative estimate of drug-likeness (QED) is 0.535. The molecule has 1 amide bonds. The highest BCUT2D eigenvalue weighted by molar-refractivity contribution is 6.04. The summed E-state index contributed by atoms with van der Waals surface area (Å²) in [5, 5.41) is 2.76. The summed E-state index contributed by atoms with van der Waals surface area (Å²) in [6.45, 7) is 1.92. The molecule has 1 aromatic carbocycles.